The summed E-state index contributed by atoms with van der Waals surface area (Å²) in [5.41, 5.74) is -0.526. The number of carbonyl (C=O) groups is 2. The molecule has 0 spiro atoms. The molecule has 25 heavy (non-hydrogen) atoms. The molecular weight excluding hydrogens is 388 g/mol. The molecule has 0 unspecified atom stereocenters. The van der Waals surface area contributed by atoms with Crippen LogP contribution in [0.15, 0.2) is 28.7 Å². The second kappa shape index (κ2) is 8.08. The molecule has 0 radical (unpaired) electrons. The molecule has 1 aromatic rings. The van der Waals surface area contributed by atoms with Gasteiger partial charge in [-0.1, -0.05) is 22.0 Å². The van der Waals surface area contributed by atoms with Crippen LogP contribution in [0.2, 0.25) is 0 Å². The number of piperazine rings is 1. The minimum Gasteiger partial charge on any atom is -0.484 e. The lowest BCUT2D eigenvalue weighted by molar-refractivity contribution is -0.136. The van der Waals surface area contributed by atoms with E-state index in [1.54, 1.807) is 15.9 Å². The molecule has 6 nitrogen and oxygen atoms in total. The van der Waals surface area contributed by atoms with Crippen LogP contribution >= 0.6 is 15.9 Å². The molecule has 2 amide bonds. The molecule has 2 rings (SSSR count). The van der Waals surface area contributed by atoms with Crippen molar-refractivity contribution in [3.63, 3.8) is 0 Å². The van der Waals surface area contributed by atoms with Crippen molar-refractivity contribution >= 4 is 27.9 Å². The molecule has 0 saturated carbocycles. The summed E-state index contributed by atoms with van der Waals surface area (Å²) in [6.45, 7) is 8.83. The van der Waals surface area contributed by atoms with Crippen LogP contribution in [-0.2, 0) is 9.53 Å². The van der Waals surface area contributed by atoms with Gasteiger partial charge in [0, 0.05) is 30.1 Å². The highest BCUT2D eigenvalue weighted by atomic mass is 79.9. The fourth-order valence-corrected chi connectivity index (χ4v) is 2.95. The van der Waals surface area contributed by atoms with Gasteiger partial charge < -0.3 is 19.3 Å². The number of amides is 2. The van der Waals surface area contributed by atoms with E-state index in [0.717, 1.165) is 4.47 Å². The van der Waals surface area contributed by atoms with E-state index in [1.807, 2.05) is 45.9 Å². The first-order valence-corrected chi connectivity index (χ1v) is 9.11. The number of hydrogen-bond acceptors (Lipinski definition) is 4. The van der Waals surface area contributed by atoms with Crippen LogP contribution in [0.4, 0.5) is 4.79 Å². The summed E-state index contributed by atoms with van der Waals surface area (Å²) in [6, 6.07) is 7.27. The Hall–Kier alpha value is -1.76. The summed E-state index contributed by atoms with van der Waals surface area (Å²) in [5, 5.41) is 0. The lowest BCUT2D eigenvalue weighted by Crippen LogP contribution is -2.56. The second-order valence-electron chi connectivity index (χ2n) is 7.11. The van der Waals surface area contributed by atoms with Crippen LogP contribution in [0.1, 0.15) is 27.7 Å². The Morgan fingerprint density at radius 1 is 1.28 bits per heavy atom. The van der Waals surface area contributed by atoms with Crippen molar-refractivity contribution in [1.82, 2.24) is 9.80 Å². The van der Waals surface area contributed by atoms with E-state index < -0.39 is 5.60 Å². The molecule has 1 aliphatic rings. The highest BCUT2D eigenvalue weighted by molar-refractivity contribution is 9.10. The maximum Gasteiger partial charge on any atom is 0.410 e. The van der Waals surface area contributed by atoms with Crippen molar-refractivity contribution in [3.8, 4) is 5.75 Å². The van der Waals surface area contributed by atoms with Crippen LogP contribution < -0.4 is 4.74 Å². The molecule has 0 aromatic heterocycles. The van der Waals surface area contributed by atoms with Crippen LogP contribution in [-0.4, -0.2) is 59.7 Å². The van der Waals surface area contributed by atoms with Crippen LogP contribution in [0.5, 0.6) is 5.75 Å². The van der Waals surface area contributed by atoms with Gasteiger partial charge in [0.1, 0.15) is 11.4 Å². The molecule has 1 aliphatic heterocycles. The average molecular weight is 413 g/mol. The third-order valence-corrected chi connectivity index (χ3v) is 4.26. The molecule has 0 bridgehead atoms. The van der Waals surface area contributed by atoms with Gasteiger partial charge in [-0.05, 0) is 45.9 Å². The van der Waals surface area contributed by atoms with Gasteiger partial charge in [0.2, 0.25) is 0 Å². The maximum absolute atomic E-state index is 12.4. The number of rotatable bonds is 3. The molecule has 138 valence electrons. The van der Waals surface area contributed by atoms with Gasteiger partial charge in [-0.25, -0.2) is 4.79 Å². The van der Waals surface area contributed by atoms with Crippen molar-refractivity contribution in [2.24, 2.45) is 0 Å². The first-order chi connectivity index (χ1) is 11.7. The lowest BCUT2D eigenvalue weighted by atomic mass is 10.2. The quantitative estimate of drug-likeness (QED) is 0.763. The van der Waals surface area contributed by atoms with E-state index in [4.69, 9.17) is 9.47 Å². The lowest BCUT2D eigenvalue weighted by Gasteiger charge is -2.40. The van der Waals surface area contributed by atoms with Crippen LogP contribution in [0.25, 0.3) is 0 Å². The zero-order valence-corrected chi connectivity index (χ0v) is 16.7. The number of benzene rings is 1. The van der Waals surface area contributed by atoms with Gasteiger partial charge in [-0.3, -0.25) is 4.79 Å². The first kappa shape index (κ1) is 19.6. The Morgan fingerprint density at radius 2 is 2.00 bits per heavy atom. The molecule has 1 aromatic carbocycles. The topological polar surface area (TPSA) is 59.1 Å². The zero-order chi connectivity index (χ0) is 18.6. The van der Waals surface area contributed by atoms with Crippen molar-refractivity contribution in [3.05, 3.63) is 28.7 Å². The summed E-state index contributed by atoms with van der Waals surface area (Å²) in [7, 11) is 0. The van der Waals surface area contributed by atoms with Crippen LogP contribution in [0, 0.1) is 0 Å². The van der Waals surface area contributed by atoms with Crippen LogP contribution in [0.3, 0.4) is 0 Å². The van der Waals surface area contributed by atoms with Gasteiger partial charge >= 0.3 is 6.09 Å². The molecule has 0 N–H and O–H groups in total. The van der Waals surface area contributed by atoms with Crippen molar-refractivity contribution < 1.29 is 19.1 Å². The van der Waals surface area contributed by atoms with E-state index >= 15 is 0 Å². The highest BCUT2D eigenvalue weighted by Crippen LogP contribution is 2.19. The summed E-state index contributed by atoms with van der Waals surface area (Å²) in [4.78, 5) is 28.0. The Labute approximate surface area is 157 Å². The van der Waals surface area contributed by atoms with E-state index in [9.17, 15) is 9.59 Å². The van der Waals surface area contributed by atoms with Crippen molar-refractivity contribution in [1.29, 1.82) is 0 Å². The summed E-state index contributed by atoms with van der Waals surface area (Å²) >= 11 is 3.37. The summed E-state index contributed by atoms with van der Waals surface area (Å²) < 4.78 is 11.9. The third kappa shape index (κ3) is 5.92. The summed E-state index contributed by atoms with van der Waals surface area (Å²) in [5.74, 6) is 0.554. The standard InChI is InChI=1S/C18H25BrN2O4/c1-13-11-20(8-9-21(13)17(23)25-18(2,3)4)16(22)12-24-15-7-5-6-14(19)10-15/h5-7,10,13H,8-9,11-12H2,1-4H3/t13-/m0/s1. The number of ether oxygens (including phenoxy) is 2. The Balaban J connectivity index is 1.85. The number of hydrogen-bond donors (Lipinski definition) is 0. The van der Waals surface area contributed by atoms with Crippen molar-refractivity contribution in [2.45, 2.75) is 39.3 Å². The average Bonchev–Trinajstić information content (AvgIpc) is 2.50. The van der Waals surface area contributed by atoms with Gasteiger partial charge in [0.15, 0.2) is 6.61 Å². The van der Waals surface area contributed by atoms with E-state index in [0.29, 0.717) is 25.4 Å². The fraction of sp³-hybridized carbons (Fsp3) is 0.556. The Bertz CT molecular complexity index is 630. The Morgan fingerprint density at radius 3 is 2.60 bits per heavy atom. The summed E-state index contributed by atoms with van der Waals surface area (Å²) in [6.07, 6.45) is -0.336. The smallest absolute Gasteiger partial charge is 0.410 e. The number of nitrogens with zero attached hydrogens (tertiary/aromatic N) is 2. The Kier molecular flexibility index (Phi) is 6.32. The predicted molar refractivity (Wildman–Crippen MR) is 98.6 cm³/mol. The number of halogens is 1. The monoisotopic (exact) mass is 412 g/mol. The van der Waals surface area contributed by atoms with Gasteiger partial charge in [-0.2, -0.15) is 0 Å². The van der Waals surface area contributed by atoms with E-state index in [1.165, 1.54) is 0 Å². The molecular formula is C18H25BrN2O4. The van der Waals surface area contributed by atoms with E-state index in [-0.39, 0.29) is 24.6 Å². The SMILES string of the molecule is C[C@H]1CN(C(=O)COc2cccc(Br)c2)CCN1C(=O)OC(C)(C)C. The highest BCUT2D eigenvalue weighted by Gasteiger charge is 2.32. The van der Waals surface area contributed by atoms with E-state index in [2.05, 4.69) is 15.9 Å². The van der Waals surface area contributed by atoms with Crippen molar-refractivity contribution in [2.75, 3.05) is 26.2 Å². The molecule has 1 saturated heterocycles. The zero-order valence-electron chi connectivity index (χ0n) is 15.1. The first-order valence-electron chi connectivity index (χ1n) is 8.31. The fourth-order valence-electron chi connectivity index (χ4n) is 2.57. The molecule has 0 aliphatic carbocycles. The largest absolute Gasteiger partial charge is 0.484 e. The second-order valence-corrected chi connectivity index (χ2v) is 8.02. The predicted octanol–water partition coefficient (Wildman–Crippen LogP) is 3.30. The molecule has 1 heterocycles. The normalized spacial score (nSPS) is 18.0. The maximum atomic E-state index is 12.4. The molecule has 7 heteroatoms. The third-order valence-electron chi connectivity index (χ3n) is 3.77. The number of carbonyl (C=O) groups excluding carboxylic acids is 2. The van der Waals surface area contributed by atoms with Gasteiger partial charge in [0.05, 0.1) is 0 Å². The van der Waals surface area contributed by atoms with Gasteiger partial charge in [0.25, 0.3) is 5.91 Å². The minimum absolute atomic E-state index is 0.0182. The minimum atomic E-state index is -0.526. The molecule has 1 fully saturated rings. The molecule has 1 atom stereocenters. The van der Waals surface area contributed by atoms with Gasteiger partial charge in [-0.15, -0.1) is 0 Å².